The summed E-state index contributed by atoms with van der Waals surface area (Å²) >= 11 is 0. The number of ketones is 2. The van der Waals surface area contributed by atoms with Gasteiger partial charge in [0.1, 0.15) is 5.84 Å². The van der Waals surface area contributed by atoms with Crippen molar-refractivity contribution in [3.8, 4) is 0 Å². The van der Waals surface area contributed by atoms with Crippen LogP contribution in [0.5, 0.6) is 0 Å². The summed E-state index contributed by atoms with van der Waals surface area (Å²) in [5, 5.41) is 0. The Kier molecular flexibility index (Phi) is 3.49. The van der Waals surface area contributed by atoms with Gasteiger partial charge in [0.25, 0.3) is 0 Å². The van der Waals surface area contributed by atoms with Gasteiger partial charge in [0, 0.05) is 29.6 Å². The normalized spacial score (nSPS) is 19.4. The zero-order chi connectivity index (χ0) is 16.7. The standard InChI is InChI=1S/C19H17N3O2/c1-12(23)13-4-6-14(7-5-13)22-10-2-3-16-18(24)15-8-9-20-11-17(15)21-19(16)22/h4-9,11,16H,2-3,10H2,1H3. The SMILES string of the molecule is CC(=O)c1ccc(N2CCCC3C(=O)c4ccncc4N=C32)cc1. The number of hydrogen-bond donors (Lipinski definition) is 0. The monoisotopic (exact) mass is 319 g/mol. The Morgan fingerprint density at radius 2 is 2.00 bits per heavy atom. The van der Waals surface area contributed by atoms with Gasteiger partial charge < -0.3 is 4.90 Å². The number of amidine groups is 1. The molecule has 0 saturated carbocycles. The first kappa shape index (κ1) is 14.8. The van der Waals surface area contributed by atoms with Crippen LogP contribution in [0.4, 0.5) is 11.4 Å². The molecule has 0 amide bonds. The van der Waals surface area contributed by atoms with Crippen LogP contribution in [0, 0.1) is 5.92 Å². The third-order valence-electron chi connectivity index (χ3n) is 4.67. The molecule has 2 aliphatic rings. The van der Waals surface area contributed by atoms with E-state index < -0.39 is 0 Å². The fraction of sp³-hybridized carbons (Fsp3) is 0.263. The molecule has 0 spiro atoms. The smallest absolute Gasteiger partial charge is 0.175 e. The Bertz CT molecular complexity index is 855. The van der Waals surface area contributed by atoms with Gasteiger partial charge in [-0.15, -0.1) is 0 Å². The van der Waals surface area contributed by atoms with Gasteiger partial charge in [-0.05, 0) is 50.1 Å². The molecule has 1 unspecified atom stereocenters. The highest BCUT2D eigenvalue weighted by Crippen LogP contribution is 2.35. The molecular weight excluding hydrogens is 302 g/mol. The Balaban J connectivity index is 1.76. The first-order valence-electron chi connectivity index (χ1n) is 8.10. The number of Topliss-reactive ketones (excluding diaryl/α,β-unsaturated/α-hetero) is 2. The highest BCUT2D eigenvalue weighted by molar-refractivity contribution is 6.21. The summed E-state index contributed by atoms with van der Waals surface area (Å²) in [6.07, 6.45) is 5.03. The van der Waals surface area contributed by atoms with Crippen molar-refractivity contribution in [1.29, 1.82) is 0 Å². The number of hydrogen-bond acceptors (Lipinski definition) is 5. The zero-order valence-corrected chi connectivity index (χ0v) is 13.4. The highest BCUT2D eigenvalue weighted by atomic mass is 16.1. The van der Waals surface area contributed by atoms with E-state index in [0.717, 1.165) is 30.9 Å². The van der Waals surface area contributed by atoms with Crippen molar-refractivity contribution in [3.05, 3.63) is 53.9 Å². The topological polar surface area (TPSA) is 62.6 Å². The van der Waals surface area contributed by atoms with Gasteiger partial charge in [-0.3, -0.25) is 14.6 Å². The van der Waals surface area contributed by atoms with Crippen LogP contribution in [0.2, 0.25) is 0 Å². The van der Waals surface area contributed by atoms with Crippen LogP contribution in [-0.4, -0.2) is 28.9 Å². The van der Waals surface area contributed by atoms with Crippen molar-refractivity contribution in [2.45, 2.75) is 19.8 Å². The summed E-state index contributed by atoms with van der Waals surface area (Å²) in [6.45, 7) is 2.37. The van der Waals surface area contributed by atoms with E-state index in [2.05, 4.69) is 9.88 Å². The van der Waals surface area contributed by atoms with Crippen LogP contribution >= 0.6 is 0 Å². The average Bonchev–Trinajstić information content (AvgIpc) is 2.62. The molecule has 5 nitrogen and oxygen atoms in total. The van der Waals surface area contributed by atoms with Crippen LogP contribution in [0.1, 0.15) is 40.5 Å². The second-order valence-electron chi connectivity index (χ2n) is 6.18. The van der Waals surface area contributed by atoms with Gasteiger partial charge in [-0.25, -0.2) is 4.99 Å². The predicted octanol–water partition coefficient (Wildman–Crippen LogP) is 3.43. The van der Waals surface area contributed by atoms with Gasteiger partial charge in [-0.2, -0.15) is 0 Å². The molecule has 3 heterocycles. The van der Waals surface area contributed by atoms with Crippen molar-refractivity contribution >= 4 is 28.8 Å². The summed E-state index contributed by atoms with van der Waals surface area (Å²) < 4.78 is 0. The minimum absolute atomic E-state index is 0.0447. The summed E-state index contributed by atoms with van der Waals surface area (Å²) in [5.41, 5.74) is 2.95. The van der Waals surface area contributed by atoms with Crippen LogP contribution in [0.3, 0.4) is 0 Å². The Labute approximate surface area is 140 Å². The minimum atomic E-state index is -0.193. The molecule has 1 aromatic carbocycles. The summed E-state index contributed by atoms with van der Waals surface area (Å²) in [4.78, 5) is 35.1. The lowest BCUT2D eigenvalue weighted by Crippen LogP contribution is -2.45. The first-order chi connectivity index (χ1) is 11.6. The second-order valence-corrected chi connectivity index (χ2v) is 6.18. The van der Waals surface area contributed by atoms with E-state index in [1.807, 2.05) is 24.3 Å². The number of carbonyl (C=O) groups is 2. The van der Waals surface area contributed by atoms with Crippen molar-refractivity contribution < 1.29 is 9.59 Å². The fourth-order valence-corrected chi connectivity index (χ4v) is 3.40. The van der Waals surface area contributed by atoms with Crippen LogP contribution in [0.15, 0.2) is 47.7 Å². The van der Waals surface area contributed by atoms with E-state index in [9.17, 15) is 9.59 Å². The Hall–Kier alpha value is -2.82. The van der Waals surface area contributed by atoms with Gasteiger partial charge >= 0.3 is 0 Å². The molecule has 5 heteroatoms. The molecule has 0 bridgehead atoms. The van der Waals surface area contributed by atoms with Gasteiger partial charge in [0.15, 0.2) is 11.6 Å². The third-order valence-corrected chi connectivity index (χ3v) is 4.67. The molecule has 1 aromatic heterocycles. The predicted molar refractivity (Wildman–Crippen MR) is 92.2 cm³/mol. The number of benzene rings is 1. The number of pyridine rings is 1. The maximum Gasteiger partial charge on any atom is 0.175 e. The Morgan fingerprint density at radius 1 is 1.21 bits per heavy atom. The van der Waals surface area contributed by atoms with Crippen LogP contribution in [-0.2, 0) is 0 Å². The van der Waals surface area contributed by atoms with E-state index in [4.69, 9.17) is 4.99 Å². The molecule has 1 atom stereocenters. The van der Waals surface area contributed by atoms with E-state index in [1.165, 1.54) is 0 Å². The van der Waals surface area contributed by atoms with Crippen molar-refractivity contribution in [2.24, 2.45) is 10.9 Å². The lowest BCUT2D eigenvalue weighted by atomic mass is 9.86. The number of rotatable bonds is 2. The number of carbonyl (C=O) groups excluding carboxylic acids is 2. The van der Waals surface area contributed by atoms with Gasteiger partial charge in [0.2, 0.25) is 0 Å². The number of aromatic nitrogens is 1. The van der Waals surface area contributed by atoms with Crippen LogP contribution in [0.25, 0.3) is 0 Å². The van der Waals surface area contributed by atoms with Crippen molar-refractivity contribution in [3.63, 3.8) is 0 Å². The first-order valence-corrected chi connectivity index (χ1v) is 8.10. The molecule has 2 aromatic rings. The largest absolute Gasteiger partial charge is 0.329 e. The lowest BCUT2D eigenvalue weighted by molar-refractivity contribution is 0.0942. The number of aliphatic imine (C=N–C) groups is 1. The molecule has 1 fully saturated rings. The second kappa shape index (κ2) is 5.67. The molecule has 0 radical (unpaired) electrons. The molecular formula is C19H17N3O2. The molecule has 1 saturated heterocycles. The summed E-state index contributed by atoms with van der Waals surface area (Å²) in [5.74, 6) is 0.772. The molecule has 0 N–H and O–H groups in total. The van der Waals surface area contributed by atoms with E-state index in [0.29, 0.717) is 16.8 Å². The quantitative estimate of drug-likeness (QED) is 0.796. The molecule has 2 aliphatic heterocycles. The molecule has 24 heavy (non-hydrogen) atoms. The highest BCUT2D eigenvalue weighted by Gasteiger charge is 2.37. The van der Waals surface area contributed by atoms with Crippen LogP contribution < -0.4 is 4.90 Å². The van der Waals surface area contributed by atoms with Crippen molar-refractivity contribution in [1.82, 2.24) is 4.98 Å². The van der Waals surface area contributed by atoms with E-state index >= 15 is 0 Å². The number of anilines is 1. The Morgan fingerprint density at radius 3 is 2.75 bits per heavy atom. The number of fused-ring (bicyclic) bond motifs is 2. The fourth-order valence-electron chi connectivity index (χ4n) is 3.40. The molecule has 120 valence electrons. The third kappa shape index (κ3) is 2.33. The lowest BCUT2D eigenvalue weighted by Gasteiger charge is -2.37. The molecule has 4 rings (SSSR count). The van der Waals surface area contributed by atoms with E-state index in [-0.39, 0.29) is 17.5 Å². The maximum atomic E-state index is 12.8. The van der Waals surface area contributed by atoms with Gasteiger partial charge in [-0.1, -0.05) is 0 Å². The van der Waals surface area contributed by atoms with Gasteiger partial charge in [0.05, 0.1) is 17.8 Å². The average molecular weight is 319 g/mol. The summed E-state index contributed by atoms with van der Waals surface area (Å²) in [6, 6.07) is 9.23. The summed E-state index contributed by atoms with van der Waals surface area (Å²) in [7, 11) is 0. The zero-order valence-electron chi connectivity index (χ0n) is 13.4. The number of piperidine rings is 1. The number of nitrogens with zero attached hydrogens (tertiary/aromatic N) is 3. The molecule has 0 aliphatic carbocycles. The van der Waals surface area contributed by atoms with Crippen molar-refractivity contribution in [2.75, 3.05) is 11.4 Å². The minimum Gasteiger partial charge on any atom is -0.329 e. The van der Waals surface area contributed by atoms with E-state index in [1.54, 1.807) is 25.4 Å². The maximum absolute atomic E-state index is 12.8.